The van der Waals surface area contributed by atoms with Gasteiger partial charge in [0, 0.05) is 17.5 Å². The Kier molecular flexibility index (Phi) is 6.75. The minimum atomic E-state index is -2.04. The highest BCUT2D eigenvalue weighted by Crippen LogP contribution is 2.16. The molecule has 0 saturated heterocycles. The van der Waals surface area contributed by atoms with Crippen LogP contribution in [0, 0.1) is 0 Å². The van der Waals surface area contributed by atoms with Crippen LogP contribution in [-0.2, 0) is 0 Å². The molecule has 0 aliphatic rings. The number of halogens is 2. The molecule has 0 aliphatic heterocycles. The summed E-state index contributed by atoms with van der Waals surface area (Å²) in [6, 6.07) is 0. The summed E-state index contributed by atoms with van der Waals surface area (Å²) in [4.78, 5) is 3.60. The molecule has 0 aromatic carbocycles. The third-order valence-corrected chi connectivity index (χ3v) is 7.50. The topological polar surface area (TPSA) is 6.48 Å². The molecule has 0 aromatic rings. The summed E-state index contributed by atoms with van der Waals surface area (Å²) < 4.78 is 27.2. The van der Waals surface area contributed by atoms with E-state index in [1.165, 1.54) is 0 Å². The van der Waals surface area contributed by atoms with Crippen molar-refractivity contribution in [2.75, 3.05) is 40.5 Å². The second-order valence-electron chi connectivity index (χ2n) is 4.09. The minimum Gasteiger partial charge on any atom is -0.313 e. The lowest BCUT2D eigenvalue weighted by atomic mass is 10.9. The largest absolute Gasteiger partial charge is 0.313 e. The van der Waals surface area contributed by atoms with Gasteiger partial charge in [0.2, 0.25) is 0 Å². The Labute approximate surface area is 89.4 Å². The van der Waals surface area contributed by atoms with Crippen LogP contribution in [-0.4, -0.2) is 68.6 Å². The summed E-state index contributed by atoms with van der Waals surface area (Å²) in [5, 5.41) is -0.338. The predicted octanol–water partition coefficient (Wildman–Crippen LogP) is 1.04. The molecule has 84 valence electrons. The maximum absolute atomic E-state index is 13.6. The quantitative estimate of drug-likeness (QED) is 0.504. The van der Waals surface area contributed by atoms with Crippen molar-refractivity contribution >= 4 is 18.3 Å². The zero-order valence-electron chi connectivity index (χ0n) is 9.64. The van der Waals surface area contributed by atoms with Crippen LogP contribution in [0.3, 0.4) is 0 Å². The summed E-state index contributed by atoms with van der Waals surface area (Å²) in [5.41, 5.74) is 0. The molecule has 0 spiro atoms. The third-order valence-electron chi connectivity index (χ3n) is 1.87. The van der Waals surface area contributed by atoms with Gasteiger partial charge in [-0.05, 0) is 28.2 Å². The fourth-order valence-corrected chi connectivity index (χ4v) is 4.71. The Bertz CT molecular complexity index is 142. The lowest BCUT2D eigenvalue weighted by Gasteiger charge is -2.21. The lowest BCUT2D eigenvalue weighted by molar-refractivity contribution is 0.452. The molecule has 0 rings (SSSR count). The van der Waals surface area contributed by atoms with E-state index < -0.39 is 18.3 Å². The van der Waals surface area contributed by atoms with Crippen molar-refractivity contribution in [2.45, 2.75) is 12.1 Å². The molecule has 0 unspecified atom stereocenters. The summed E-state index contributed by atoms with van der Waals surface area (Å²) >= 11 is 0. The molecular weight excluding hydrogens is 218 g/mol. The summed E-state index contributed by atoms with van der Waals surface area (Å²) in [6.45, 7) is 1.72. The normalized spacial score (nSPS) is 12.9. The summed E-state index contributed by atoms with van der Waals surface area (Å²) in [7, 11) is 3.22. The molecule has 0 heterocycles. The van der Waals surface area contributed by atoms with Crippen LogP contribution in [0.1, 0.15) is 6.92 Å². The first-order valence-corrected chi connectivity index (χ1v) is 7.99. The summed E-state index contributed by atoms with van der Waals surface area (Å²) in [6.07, 6.45) is 0.828. The van der Waals surface area contributed by atoms with Crippen molar-refractivity contribution in [1.29, 1.82) is 0 Å². The molecule has 0 saturated carbocycles. The highest BCUT2D eigenvalue weighted by molar-refractivity contribution is 6.73. The second kappa shape index (κ2) is 6.65. The van der Waals surface area contributed by atoms with Crippen LogP contribution in [0.5, 0.6) is 0 Å². The smallest absolute Gasteiger partial charge is 0.288 e. The molecule has 0 aliphatic carbocycles. The van der Waals surface area contributed by atoms with Gasteiger partial charge in [-0.3, -0.25) is 0 Å². The number of nitrogens with zero attached hydrogens (tertiary/aromatic N) is 2. The summed E-state index contributed by atoms with van der Waals surface area (Å²) in [5.74, 6) is 0. The predicted molar refractivity (Wildman–Crippen MR) is 60.3 cm³/mol. The standard InChI is InChI=1S/C8H20F2N2Si2/c1-8(13(9)6-11(2)3)14(10)7-12(4)5/h8H,6-7H2,1-5H3. The molecule has 0 amide bonds. The molecule has 2 nitrogen and oxygen atoms in total. The average Bonchev–Trinajstić information content (AvgIpc) is 2.00. The zero-order chi connectivity index (χ0) is 11.3. The SMILES string of the molecule is CC([Si](F)CN(C)C)[Si](F)CN(C)C. The van der Waals surface area contributed by atoms with Crippen LogP contribution in [0.15, 0.2) is 0 Å². The van der Waals surface area contributed by atoms with Crippen molar-refractivity contribution < 1.29 is 8.22 Å². The van der Waals surface area contributed by atoms with Gasteiger partial charge < -0.3 is 18.0 Å². The Balaban J connectivity index is 3.96. The highest BCUT2D eigenvalue weighted by Gasteiger charge is 2.32. The fraction of sp³-hybridized carbons (Fsp3) is 1.00. The van der Waals surface area contributed by atoms with E-state index in [0.29, 0.717) is 12.3 Å². The van der Waals surface area contributed by atoms with E-state index in [2.05, 4.69) is 0 Å². The van der Waals surface area contributed by atoms with Crippen molar-refractivity contribution in [2.24, 2.45) is 0 Å². The van der Waals surface area contributed by atoms with E-state index in [1.807, 2.05) is 28.2 Å². The van der Waals surface area contributed by atoms with Gasteiger partial charge >= 0.3 is 0 Å². The van der Waals surface area contributed by atoms with Gasteiger partial charge in [0.05, 0.1) is 0 Å². The molecule has 6 heteroatoms. The Hall–Kier alpha value is 0.214. The Morgan fingerprint density at radius 2 is 1.21 bits per heavy atom. The first-order chi connectivity index (χ1) is 6.34. The van der Waals surface area contributed by atoms with Gasteiger partial charge in [0.25, 0.3) is 18.3 Å². The maximum atomic E-state index is 13.6. The van der Waals surface area contributed by atoms with Gasteiger partial charge in [0.1, 0.15) is 0 Å². The van der Waals surface area contributed by atoms with E-state index in [0.717, 1.165) is 0 Å². The monoisotopic (exact) mass is 238 g/mol. The number of rotatable bonds is 6. The maximum Gasteiger partial charge on any atom is 0.288 e. The van der Waals surface area contributed by atoms with Gasteiger partial charge in [-0.1, -0.05) is 6.92 Å². The van der Waals surface area contributed by atoms with E-state index >= 15 is 0 Å². The van der Waals surface area contributed by atoms with Crippen LogP contribution >= 0.6 is 0 Å². The van der Waals surface area contributed by atoms with E-state index in [9.17, 15) is 8.22 Å². The van der Waals surface area contributed by atoms with E-state index in [4.69, 9.17) is 0 Å². The van der Waals surface area contributed by atoms with Crippen molar-refractivity contribution in [1.82, 2.24) is 9.80 Å². The van der Waals surface area contributed by atoms with Gasteiger partial charge in [-0.15, -0.1) is 0 Å². The zero-order valence-corrected chi connectivity index (χ0v) is 11.6. The second-order valence-corrected chi connectivity index (χ2v) is 8.82. The minimum absolute atomic E-state index is 0.338. The van der Waals surface area contributed by atoms with Crippen LogP contribution in [0.2, 0.25) is 5.16 Å². The van der Waals surface area contributed by atoms with Crippen LogP contribution in [0.25, 0.3) is 0 Å². The van der Waals surface area contributed by atoms with E-state index in [-0.39, 0.29) is 5.16 Å². The first kappa shape index (κ1) is 14.2. The van der Waals surface area contributed by atoms with Gasteiger partial charge in [-0.25, -0.2) is 0 Å². The molecule has 0 aromatic heterocycles. The highest BCUT2D eigenvalue weighted by atomic mass is 28.4. The molecular formula is C8H20F2N2Si2. The third kappa shape index (κ3) is 5.84. The molecule has 0 N–H and O–H groups in total. The molecule has 0 atom stereocenters. The molecule has 2 radical (unpaired) electrons. The van der Waals surface area contributed by atoms with Crippen molar-refractivity contribution in [3.8, 4) is 0 Å². The molecule has 14 heavy (non-hydrogen) atoms. The Morgan fingerprint density at radius 3 is 1.43 bits per heavy atom. The van der Waals surface area contributed by atoms with Crippen LogP contribution in [0.4, 0.5) is 8.22 Å². The first-order valence-electron chi connectivity index (χ1n) is 4.66. The average molecular weight is 238 g/mol. The lowest BCUT2D eigenvalue weighted by Crippen LogP contribution is -2.39. The Morgan fingerprint density at radius 1 is 0.929 bits per heavy atom. The number of hydrogen-bond donors (Lipinski definition) is 0. The van der Waals surface area contributed by atoms with E-state index in [1.54, 1.807) is 16.7 Å². The van der Waals surface area contributed by atoms with Crippen LogP contribution < -0.4 is 0 Å². The molecule has 0 bridgehead atoms. The molecule has 0 fully saturated rings. The van der Waals surface area contributed by atoms with Gasteiger partial charge in [-0.2, -0.15) is 0 Å². The number of hydrogen-bond acceptors (Lipinski definition) is 2. The van der Waals surface area contributed by atoms with Crippen molar-refractivity contribution in [3.63, 3.8) is 0 Å². The van der Waals surface area contributed by atoms with Crippen molar-refractivity contribution in [3.05, 3.63) is 0 Å². The van der Waals surface area contributed by atoms with Gasteiger partial charge in [0.15, 0.2) is 0 Å². The fourth-order valence-electron chi connectivity index (χ4n) is 1.05.